The minimum absolute atomic E-state index is 0.377. The van der Waals surface area contributed by atoms with E-state index in [1.807, 2.05) is 0 Å². The first-order valence-electron chi connectivity index (χ1n) is 4.82. The summed E-state index contributed by atoms with van der Waals surface area (Å²) >= 11 is 5.39. The number of hydrogen-bond acceptors (Lipinski definition) is 1. The molecule has 0 fully saturated rings. The molecule has 2 rings (SSSR count). The lowest BCUT2D eigenvalue weighted by Crippen LogP contribution is -1.87. The van der Waals surface area contributed by atoms with E-state index in [9.17, 15) is 13.6 Å². The van der Waals surface area contributed by atoms with Crippen LogP contribution >= 0.6 is 11.6 Å². The summed E-state index contributed by atoms with van der Waals surface area (Å²) in [5.74, 6) is -1.61. The largest absolute Gasteiger partial charge is 0.298 e. The van der Waals surface area contributed by atoms with Crippen LogP contribution in [0, 0.1) is 11.6 Å². The third kappa shape index (κ3) is 2.34. The highest BCUT2D eigenvalue weighted by Gasteiger charge is 2.09. The fraction of sp³-hybridized carbons (Fsp3) is 0. The molecule has 0 amide bonds. The Balaban J connectivity index is 2.49. The van der Waals surface area contributed by atoms with Gasteiger partial charge in [-0.3, -0.25) is 4.79 Å². The summed E-state index contributed by atoms with van der Waals surface area (Å²) < 4.78 is 26.5. The maximum atomic E-state index is 13.2. The summed E-state index contributed by atoms with van der Waals surface area (Å²) in [4.78, 5) is 10.5. The molecule has 1 nitrogen and oxygen atoms in total. The van der Waals surface area contributed by atoms with Crippen molar-refractivity contribution in [3.8, 4) is 11.1 Å². The Bertz CT molecular complexity index is 541. The van der Waals surface area contributed by atoms with E-state index in [0.717, 1.165) is 12.1 Å². The second-order valence-electron chi connectivity index (χ2n) is 3.49. The SMILES string of the molecule is O=Cc1ccc(-c2cc(F)c(Cl)c(F)c2)cc1. The van der Waals surface area contributed by atoms with E-state index in [1.165, 1.54) is 0 Å². The zero-order chi connectivity index (χ0) is 12.4. The van der Waals surface area contributed by atoms with Crippen LogP contribution in [0.4, 0.5) is 8.78 Å². The fourth-order valence-electron chi connectivity index (χ4n) is 1.48. The average molecular weight is 253 g/mol. The molecule has 2 aromatic rings. The van der Waals surface area contributed by atoms with Crippen LogP contribution in [-0.4, -0.2) is 6.29 Å². The van der Waals surface area contributed by atoms with E-state index in [4.69, 9.17) is 11.6 Å². The van der Waals surface area contributed by atoms with E-state index < -0.39 is 16.7 Å². The lowest BCUT2D eigenvalue weighted by atomic mass is 10.0. The van der Waals surface area contributed by atoms with Crippen molar-refractivity contribution < 1.29 is 13.6 Å². The molecule has 2 aromatic carbocycles. The summed E-state index contributed by atoms with van der Waals surface area (Å²) in [6.45, 7) is 0. The molecule has 0 aliphatic carbocycles. The molecule has 0 aliphatic heterocycles. The Morgan fingerprint density at radius 3 is 1.94 bits per heavy atom. The Labute approximate surface area is 102 Å². The predicted molar refractivity (Wildman–Crippen MR) is 62.2 cm³/mol. The summed E-state index contributed by atoms with van der Waals surface area (Å²) in [5.41, 5.74) is 1.50. The van der Waals surface area contributed by atoms with Crippen molar-refractivity contribution in [2.45, 2.75) is 0 Å². The highest BCUT2D eigenvalue weighted by molar-refractivity contribution is 6.31. The third-order valence-corrected chi connectivity index (χ3v) is 2.72. The Hall–Kier alpha value is -1.74. The van der Waals surface area contributed by atoms with Crippen molar-refractivity contribution in [3.63, 3.8) is 0 Å². The van der Waals surface area contributed by atoms with Gasteiger partial charge in [-0.15, -0.1) is 0 Å². The molecule has 0 spiro atoms. The molecule has 0 atom stereocenters. The lowest BCUT2D eigenvalue weighted by molar-refractivity contribution is 0.112. The molecule has 0 heterocycles. The van der Waals surface area contributed by atoms with Gasteiger partial charge in [-0.25, -0.2) is 8.78 Å². The molecular weight excluding hydrogens is 246 g/mol. The highest BCUT2D eigenvalue weighted by Crippen LogP contribution is 2.27. The van der Waals surface area contributed by atoms with Gasteiger partial charge in [0.2, 0.25) is 0 Å². The average Bonchev–Trinajstić information content (AvgIpc) is 2.35. The molecule has 0 radical (unpaired) electrons. The van der Waals surface area contributed by atoms with E-state index in [2.05, 4.69) is 0 Å². The van der Waals surface area contributed by atoms with Gasteiger partial charge >= 0.3 is 0 Å². The maximum absolute atomic E-state index is 13.2. The smallest absolute Gasteiger partial charge is 0.150 e. The van der Waals surface area contributed by atoms with Gasteiger partial charge in [-0.05, 0) is 23.3 Å². The normalized spacial score (nSPS) is 10.3. The molecule has 0 saturated carbocycles. The number of hydrogen-bond donors (Lipinski definition) is 0. The quantitative estimate of drug-likeness (QED) is 0.581. The second kappa shape index (κ2) is 4.63. The van der Waals surface area contributed by atoms with Crippen molar-refractivity contribution in [3.05, 3.63) is 58.6 Å². The summed E-state index contributed by atoms with van der Waals surface area (Å²) in [5, 5.41) is -0.515. The van der Waals surface area contributed by atoms with Gasteiger partial charge in [0.15, 0.2) is 0 Å². The van der Waals surface area contributed by atoms with Crippen LogP contribution in [0.1, 0.15) is 10.4 Å². The van der Waals surface area contributed by atoms with Crippen molar-refractivity contribution in [1.82, 2.24) is 0 Å². The van der Waals surface area contributed by atoms with Crippen LogP contribution in [0.2, 0.25) is 5.02 Å². The van der Waals surface area contributed by atoms with E-state index >= 15 is 0 Å². The lowest BCUT2D eigenvalue weighted by Gasteiger charge is -2.04. The highest BCUT2D eigenvalue weighted by atomic mass is 35.5. The first kappa shape index (κ1) is 11.7. The fourth-order valence-corrected chi connectivity index (χ4v) is 1.59. The molecule has 0 bridgehead atoms. The Morgan fingerprint density at radius 2 is 1.47 bits per heavy atom. The predicted octanol–water partition coefficient (Wildman–Crippen LogP) is 4.10. The first-order chi connectivity index (χ1) is 8.11. The van der Waals surface area contributed by atoms with Crippen molar-refractivity contribution in [2.24, 2.45) is 0 Å². The van der Waals surface area contributed by atoms with Crippen molar-refractivity contribution in [2.75, 3.05) is 0 Å². The van der Waals surface area contributed by atoms with Crippen LogP contribution in [0.15, 0.2) is 36.4 Å². The van der Waals surface area contributed by atoms with Gasteiger partial charge in [0, 0.05) is 5.56 Å². The summed E-state index contributed by atoms with van der Waals surface area (Å²) in [6, 6.07) is 8.69. The monoisotopic (exact) mass is 252 g/mol. The van der Waals surface area contributed by atoms with Gasteiger partial charge in [0.1, 0.15) is 22.9 Å². The summed E-state index contributed by atoms with van der Waals surface area (Å²) in [6.07, 6.45) is 0.701. The molecule has 86 valence electrons. The van der Waals surface area contributed by atoms with Crippen LogP contribution in [0.5, 0.6) is 0 Å². The van der Waals surface area contributed by atoms with Crippen LogP contribution in [0.25, 0.3) is 11.1 Å². The van der Waals surface area contributed by atoms with Crippen LogP contribution in [0.3, 0.4) is 0 Å². The molecule has 0 unspecified atom stereocenters. The van der Waals surface area contributed by atoms with Gasteiger partial charge in [-0.1, -0.05) is 35.9 Å². The molecular formula is C13H7ClF2O. The van der Waals surface area contributed by atoms with Crippen LogP contribution < -0.4 is 0 Å². The zero-order valence-electron chi connectivity index (χ0n) is 8.58. The molecule has 0 N–H and O–H groups in total. The zero-order valence-corrected chi connectivity index (χ0v) is 9.34. The van der Waals surface area contributed by atoms with Crippen LogP contribution in [-0.2, 0) is 0 Å². The van der Waals surface area contributed by atoms with Gasteiger partial charge in [-0.2, -0.15) is 0 Å². The first-order valence-corrected chi connectivity index (χ1v) is 5.20. The maximum Gasteiger partial charge on any atom is 0.150 e. The number of carbonyl (C=O) groups excluding carboxylic acids is 1. The third-order valence-electron chi connectivity index (χ3n) is 2.36. The number of halogens is 3. The minimum atomic E-state index is -0.805. The standard InChI is InChI=1S/C13H7ClF2O/c14-13-11(15)5-10(6-12(13)16)9-3-1-8(7-17)2-4-9/h1-7H. The number of carbonyl (C=O) groups is 1. The molecule has 17 heavy (non-hydrogen) atoms. The number of benzene rings is 2. The van der Waals surface area contributed by atoms with E-state index in [1.54, 1.807) is 24.3 Å². The van der Waals surface area contributed by atoms with Crippen molar-refractivity contribution in [1.29, 1.82) is 0 Å². The van der Waals surface area contributed by atoms with E-state index in [-0.39, 0.29) is 0 Å². The minimum Gasteiger partial charge on any atom is -0.298 e. The molecule has 4 heteroatoms. The second-order valence-corrected chi connectivity index (χ2v) is 3.87. The van der Waals surface area contributed by atoms with Gasteiger partial charge in [0.25, 0.3) is 0 Å². The number of aldehydes is 1. The number of rotatable bonds is 2. The molecule has 0 aromatic heterocycles. The Kier molecular flexibility index (Phi) is 3.20. The summed E-state index contributed by atoms with van der Waals surface area (Å²) in [7, 11) is 0. The van der Waals surface area contributed by atoms with Gasteiger partial charge < -0.3 is 0 Å². The van der Waals surface area contributed by atoms with E-state index in [0.29, 0.717) is 23.0 Å². The topological polar surface area (TPSA) is 17.1 Å². The van der Waals surface area contributed by atoms with Gasteiger partial charge in [0.05, 0.1) is 0 Å². The van der Waals surface area contributed by atoms with Crippen molar-refractivity contribution >= 4 is 17.9 Å². The molecule has 0 aliphatic rings. The Morgan fingerprint density at radius 1 is 0.941 bits per heavy atom. The molecule has 0 saturated heterocycles.